The molecule has 6 nitrogen and oxygen atoms in total. The second kappa shape index (κ2) is 5.65. The van der Waals surface area contributed by atoms with E-state index in [2.05, 4.69) is 5.32 Å². The first-order chi connectivity index (χ1) is 10.5. The molecule has 0 atom stereocenters. The maximum absolute atomic E-state index is 12.1. The summed E-state index contributed by atoms with van der Waals surface area (Å²) in [5.74, 6) is -0.0619. The van der Waals surface area contributed by atoms with Crippen molar-refractivity contribution in [3.05, 3.63) is 63.2 Å². The van der Waals surface area contributed by atoms with Crippen molar-refractivity contribution in [1.82, 2.24) is 0 Å². The van der Waals surface area contributed by atoms with Gasteiger partial charge in [-0.2, -0.15) is 0 Å². The molecule has 1 aliphatic rings. The monoisotopic (exact) mass is 317 g/mol. The Morgan fingerprint density at radius 1 is 1.23 bits per heavy atom. The van der Waals surface area contributed by atoms with Gasteiger partial charge in [-0.15, -0.1) is 0 Å². The van der Waals surface area contributed by atoms with E-state index in [0.29, 0.717) is 11.6 Å². The zero-order valence-corrected chi connectivity index (χ0v) is 12.2. The average molecular weight is 318 g/mol. The molecular formula is C15H12ClN3O3. The van der Waals surface area contributed by atoms with Gasteiger partial charge in [0.15, 0.2) is 0 Å². The lowest BCUT2D eigenvalue weighted by atomic mass is 10.1. The molecule has 0 bridgehead atoms. The zero-order valence-electron chi connectivity index (χ0n) is 11.5. The Hall–Kier alpha value is -2.60. The molecule has 7 heteroatoms. The highest BCUT2D eigenvalue weighted by Gasteiger charge is 2.24. The summed E-state index contributed by atoms with van der Waals surface area (Å²) in [4.78, 5) is 24.0. The second-order valence-electron chi connectivity index (χ2n) is 4.92. The van der Waals surface area contributed by atoms with Crippen LogP contribution >= 0.6 is 11.6 Å². The van der Waals surface area contributed by atoms with Crippen LogP contribution in [0.25, 0.3) is 0 Å². The largest absolute Gasteiger partial charge is 0.374 e. The van der Waals surface area contributed by atoms with Crippen LogP contribution in [-0.2, 0) is 11.3 Å². The molecule has 112 valence electrons. The number of fused-ring (bicyclic) bond motifs is 1. The smallest absolute Gasteiger partial charge is 0.269 e. The lowest BCUT2D eigenvalue weighted by molar-refractivity contribution is -0.384. The van der Waals surface area contributed by atoms with Crippen molar-refractivity contribution in [3.63, 3.8) is 0 Å². The van der Waals surface area contributed by atoms with Gasteiger partial charge in [0.25, 0.3) is 5.69 Å². The number of anilines is 2. The fourth-order valence-electron chi connectivity index (χ4n) is 2.36. The Bertz CT molecular complexity index is 746. The molecular weight excluding hydrogens is 306 g/mol. The molecule has 0 spiro atoms. The number of carbonyl (C=O) groups is 1. The summed E-state index contributed by atoms with van der Waals surface area (Å²) >= 11 is 5.96. The number of nitro groups is 1. The number of nitrogens with one attached hydrogen (secondary N) is 1. The molecule has 1 aliphatic heterocycles. The summed E-state index contributed by atoms with van der Waals surface area (Å²) in [5, 5.41) is 14.3. The molecule has 0 saturated heterocycles. The highest BCUT2D eigenvalue weighted by Crippen LogP contribution is 2.33. The lowest BCUT2D eigenvalue weighted by Crippen LogP contribution is -2.39. The molecule has 1 heterocycles. The number of benzene rings is 2. The first-order valence-corrected chi connectivity index (χ1v) is 6.99. The molecule has 0 fully saturated rings. The third kappa shape index (κ3) is 2.73. The van der Waals surface area contributed by atoms with Gasteiger partial charge < -0.3 is 10.2 Å². The van der Waals surface area contributed by atoms with Gasteiger partial charge in [0.05, 0.1) is 29.4 Å². The maximum Gasteiger partial charge on any atom is 0.269 e. The maximum atomic E-state index is 12.1. The van der Waals surface area contributed by atoms with Gasteiger partial charge in [-0.1, -0.05) is 23.7 Å². The zero-order chi connectivity index (χ0) is 15.7. The summed E-state index contributed by atoms with van der Waals surface area (Å²) in [7, 11) is 0. The van der Waals surface area contributed by atoms with Gasteiger partial charge in [-0.25, -0.2) is 0 Å². The summed E-state index contributed by atoms with van der Waals surface area (Å²) in [5.41, 5.74) is 2.40. The van der Waals surface area contributed by atoms with Crippen LogP contribution in [-0.4, -0.2) is 17.4 Å². The van der Waals surface area contributed by atoms with Crippen LogP contribution in [0, 0.1) is 10.1 Å². The fourth-order valence-corrected chi connectivity index (χ4v) is 2.54. The third-order valence-electron chi connectivity index (χ3n) is 3.47. The Balaban J connectivity index is 1.88. The minimum absolute atomic E-state index is 0.0302. The number of carbonyl (C=O) groups excluding carboxylic acids is 1. The molecule has 0 aromatic heterocycles. The van der Waals surface area contributed by atoms with Crippen LogP contribution in [0.4, 0.5) is 17.1 Å². The number of hydrogen-bond acceptors (Lipinski definition) is 4. The van der Waals surface area contributed by atoms with E-state index in [0.717, 1.165) is 16.9 Å². The van der Waals surface area contributed by atoms with Gasteiger partial charge in [0, 0.05) is 17.2 Å². The first-order valence-electron chi connectivity index (χ1n) is 6.62. The Labute approximate surface area is 131 Å². The number of nitrogens with zero attached hydrogens (tertiary/aromatic N) is 2. The first kappa shape index (κ1) is 14.3. The van der Waals surface area contributed by atoms with E-state index >= 15 is 0 Å². The number of halogens is 1. The predicted molar refractivity (Wildman–Crippen MR) is 84.2 cm³/mol. The molecule has 3 rings (SSSR count). The summed E-state index contributed by atoms with van der Waals surface area (Å²) < 4.78 is 0. The van der Waals surface area contributed by atoms with Crippen molar-refractivity contribution in [2.45, 2.75) is 6.54 Å². The van der Waals surface area contributed by atoms with Gasteiger partial charge in [0.2, 0.25) is 5.91 Å². The molecule has 2 aromatic carbocycles. The van der Waals surface area contributed by atoms with Crippen LogP contribution in [0.1, 0.15) is 5.56 Å². The number of nitro benzene ring substituents is 1. The van der Waals surface area contributed by atoms with E-state index in [-0.39, 0.29) is 18.1 Å². The van der Waals surface area contributed by atoms with Crippen molar-refractivity contribution >= 4 is 34.6 Å². The predicted octanol–water partition coefficient (Wildman–Crippen LogP) is 3.21. The minimum atomic E-state index is -0.447. The van der Waals surface area contributed by atoms with Crippen LogP contribution in [0.5, 0.6) is 0 Å². The highest BCUT2D eigenvalue weighted by molar-refractivity contribution is 6.31. The molecule has 0 aliphatic carbocycles. The van der Waals surface area contributed by atoms with Crippen LogP contribution in [0.15, 0.2) is 42.5 Å². The topological polar surface area (TPSA) is 75.5 Å². The quantitative estimate of drug-likeness (QED) is 0.696. The van der Waals surface area contributed by atoms with Crippen molar-refractivity contribution in [2.24, 2.45) is 0 Å². The Morgan fingerprint density at radius 3 is 2.64 bits per heavy atom. The Morgan fingerprint density at radius 2 is 1.95 bits per heavy atom. The molecule has 0 saturated carbocycles. The van der Waals surface area contributed by atoms with Crippen molar-refractivity contribution in [2.75, 3.05) is 16.8 Å². The van der Waals surface area contributed by atoms with E-state index in [9.17, 15) is 14.9 Å². The number of amides is 1. The molecule has 1 amide bonds. The molecule has 0 radical (unpaired) electrons. The number of non-ortho nitro benzene ring substituents is 1. The summed E-state index contributed by atoms with van der Waals surface area (Å²) in [6.07, 6.45) is 0. The summed E-state index contributed by atoms with van der Waals surface area (Å²) in [6, 6.07) is 11.5. The minimum Gasteiger partial charge on any atom is -0.374 e. The molecule has 1 N–H and O–H groups in total. The van der Waals surface area contributed by atoms with Crippen LogP contribution < -0.4 is 10.2 Å². The van der Waals surface area contributed by atoms with E-state index in [1.807, 2.05) is 0 Å². The van der Waals surface area contributed by atoms with E-state index in [1.165, 1.54) is 12.1 Å². The SMILES string of the molecule is O=C1CNc2cc(Cl)ccc2N1Cc1ccc([N+](=O)[O-])cc1. The van der Waals surface area contributed by atoms with Crippen molar-refractivity contribution < 1.29 is 9.72 Å². The van der Waals surface area contributed by atoms with Gasteiger partial charge in [-0.05, 0) is 23.8 Å². The van der Waals surface area contributed by atoms with E-state index in [4.69, 9.17) is 11.6 Å². The van der Waals surface area contributed by atoms with Crippen LogP contribution in [0.3, 0.4) is 0 Å². The Kier molecular flexibility index (Phi) is 3.68. The highest BCUT2D eigenvalue weighted by atomic mass is 35.5. The van der Waals surface area contributed by atoms with E-state index < -0.39 is 4.92 Å². The van der Waals surface area contributed by atoms with Gasteiger partial charge in [-0.3, -0.25) is 14.9 Å². The van der Waals surface area contributed by atoms with E-state index in [1.54, 1.807) is 35.2 Å². The van der Waals surface area contributed by atoms with Gasteiger partial charge >= 0.3 is 0 Å². The standard InChI is InChI=1S/C15H12ClN3O3/c16-11-3-6-14-13(7-11)17-8-15(20)18(14)9-10-1-4-12(5-2-10)19(21)22/h1-7,17H,8-9H2. The fraction of sp³-hybridized carbons (Fsp3) is 0.133. The van der Waals surface area contributed by atoms with Crippen molar-refractivity contribution in [1.29, 1.82) is 0 Å². The van der Waals surface area contributed by atoms with Crippen molar-refractivity contribution in [3.8, 4) is 0 Å². The molecule has 22 heavy (non-hydrogen) atoms. The molecule has 0 unspecified atom stereocenters. The lowest BCUT2D eigenvalue weighted by Gasteiger charge is -2.30. The third-order valence-corrected chi connectivity index (χ3v) is 3.70. The average Bonchev–Trinajstić information content (AvgIpc) is 2.50. The molecule has 2 aromatic rings. The van der Waals surface area contributed by atoms with Crippen LogP contribution in [0.2, 0.25) is 5.02 Å². The number of hydrogen-bond donors (Lipinski definition) is 1. The second-order valence-corrected chi connectivity index (χ2v) is 5.35. The summed E-state index contributed by atoms with van der Waals surface area (Å²) in [6.45, 7) is 0.549. The normalized spacial score (nSPS) is 13.5. The van der Waals surface area contributed by atoms with Gasteiger partial charge in [0.1, 0.15) is 0 Å². The number of rotatable bonds is 3.